The molecule has 0 spiro atoms. The van der Waals surface area contributed by atoms with Gasteiger partial charge in [0, 0.05) is 24.3 Å². The Morgan fingerprint density at radius 1 is 1.38 bits per heavy atom. The van der Waals surface area contributed by atoms with Gasteiger partial charge in [0.25, 0.3) is 0 Å². The Morgan fingerprint density at radius 2 is 2.17 bits per heavy atom. The number of carbonyl (C=O) groups excluding carboxylic acids is 2. The Labute approximate surface area is 145 Å². The highest BCUT2D eigenvalue weighted by Gasteiger charge is 2.23. The highest BCUT2D eigenvalue weighted by atomic mass is 32.1. The minimum absolute atomic E-state index is 0.159. The maximum Gasteiger partial charge on any atom is 0.248 e. The van der Waals surface area contributed by atoms with Crippen molar-refractivity contribution in [3.8, 4) is 0 Å². The highest BCUT2D eigenvalue weighted by molar-refractivity contribution is 7.13. The van der Waals surface area contributed by atoms with Crippen LogP contribution in [0.3, 0.4) is 0 Å². The summed E-state index contributed by atoms with van der Waals surface area (Å²) >= 11 is 1.35. The van der Waals surface area contributed by atoms with E-state index in [1.165, 1.54) is 11.3 Å². The van der Waals surface area contributed by atoms with E-state index >= 15 is 0 Å². The van der Waals surface area contributed by atoms with E-state index in [2.05, 4.69) is 20.7 Å². The van der Waals surface area contributed by atoms with Crippen molar-refractivity contribution in [2.75, 3.05) is 5.32 Å². The van der Waals surface area contributed by atoms with Gasteiger partial charge in [-0.1, -0.05) is 13.8 Å². The summed E-state index contributed by atoms with van der Waals surface area (Å²) in [5.41, 5.74) is 0.693. The molecule has 0 aliphatic heterocycles. The van der Waals surface area contributed by atoms with Crippen LogP contribution < -0.4 is 10.6 Å². The van der Waals surface area contributed by atoms with E-state index in [4.69, 9.17) is 0 Å². The molecule has 0 saturated heterocycles. The number of nitrogens with zero attached hydrogens (tertiary/aromatic N) is 3. The van der Waals surface area contributed by atoms with Crippen LogP contribution in [0, 0.1) is 5.92 Å². The van der Waals surface area contributed by atoms with E-state index in [0.29, 0.717) is 17.2 Å². The summed E-state index contributed by atoms with van der Waals surface area (Å²) in [5.74, 6) is -0.181. The van der Waals surface area contributed by atoms with E-state index in [9.17, 15) is 9.59 Å². The first-order chi connectivity index (χ1) is 11.5. The van der Waals surface area contributed by atoms with Crippen molar-refractivity contribution >= 4 is 28.3 Å². The summed E-state index contributed by atoms with van der Waals surface area (Å²) in [6, 6.07) is 1.23. The summed E-state index contributed by atoms with van der Waals surface area (Å²) in [4.78, 5) is 28.7. The van der Waals surface area contributed by atoms with Gasteiger partial charge in [0.1, 0.15) is 6.04 Å². The van der Waals surface area contributed by atoms with E-state index in [1.807, 2.05) is 33.0 Å². The Balaban J connectivity index is 1.96. The van der Waals surface area contributed by atoms with Gasteiger partial charge in [0.05, 0.1) is 12.1 Å². The average molecular weight is 349 g/mol. The van der Waals surface area contributed by atoms with E-state index in [1.54, 1.807) is 16.3 Å². The van der Waals surface area contributed by atoms with Crippen LogP contribution in [0.2, 0.25) is 0 Å². The second kappa shape index (κ2) is 8.58. The second-order valence-electron chi connectivity index (χ2n) is 5.92. The molecule has 7 nitrogen and oxygen atoms in total. The Morgan fingerprint density at radius 3 is 2.75 bits per heavy atom. The van der Waals surface area contributed by atoms with Crippen molar-refractivity contribution in [1.82, 2.24) is 20.1 Å². The molecular formula is C16H23N5O2S. The molecule has 0 aliphatic rings. The van der Waals surface area contributed by atoms with Gasteiger partial charge < -0.3 is 10.6 Å². The number of nitrogens with one attached hydrogen (secondary N) is 2. The summed E-state index contributed by atoms with van der Waals surface area (Å²) in [6.45, 7) is 6.77. The summed E-state index contributed by atoms with van der Waals surface area (Å²) < 4.78 is 1.77. The quantitative estimate of drug-likeness (QED) is 0.763. The molecule has 0 aromatic carbocycles. The van der Waals surface area contributed by atoms with Crippen LogP contribution in [0.5, 0.6) is 0 Å². The van der Waals surface area contributed by atoms with Gasteiger partial charge in [-0.3, -0.25) is 14.3 Å². The lowest BCUT2D eigenvalue weighted by molar-refractivity contribution is -0.126. The lowest BCUT2D eigenvalue weighted by Gasteiger charge is -2.19. The number of thiazole rings is 1. The van der Waals surface area contributed by atoms with Crippen LogP contribution in [0.25, 0.3) is 0 Å². The van der Waals surface area contributed by atoms with Crippen molar-refractivity contribution in [2.24, 2.45) is 5.92 Å². The molecule has 130 valence electrons. The van der Waals surface area contributed by atoms with Crippen molar-refractivity contribution in [3.05, 3.63) is 29.5 Å². The first kappa shape index (κ1) is 18.1. The molecule has 8 heteroatoms. The molecule has 2 heterocycles. The SMILES string of the molecule is CCn1ccc(CC(=O)N[C@@H](CC(C)C)C(=O)Nc2nccs2)n1. The van der Waals surface area contributed by atoms with Gasteiger partial charge in [-0.2, -0.15) is 5.10 Å². The highest BCUT2D eigenvalue weighted by Crippen LogP contribution is 2.13. The molecule has 0 unspecified atom stereocenters. The van der Waals surface area contributed by atoms with Gasteiger partial charge in [-0.25, -0.2) is 4.98 Å². The van der Waals surface area contributed by atoms with E-state index in [-0.39, 0.29) is 24.2 Å². The fourth-order valence-corrected chi connectivity index (χ4v) is 2.80. The summed E-state index contributed by atoms with van der Waals surface area (Å²) in [5, 5.41) is 12.2. The first-order valence-corrected chi connectivity index (χ1v) is 8.88. The zero-order chi connectivity index (χ0) is 17.5. The predicted molar refractivity (Wildman–Crippen MR) is 93.7 cm³/mol. The van der Waals surface area contributed by atoms with Crippen LogP contribution in [-0.4, -0.2) is 32.6 Å². The smallest absolute Gasteiger partial charge is 0.248 e. The fourth-order valence-electron chi connectivity index (χ4n) is 2.26. The number of hydrogen-bond acceptors (Lipinski definition) is 5. The summed E-state index contributed by atoms with van der Waals surface area (Å²) in [6.07, 6.45) is 4.18. The molecule has 2 aromatic heterocycles. The van der Waals surface area contributed by atoms with Gasteiger partial charge in [-0.05, 0) is 25.3 Å². The zero-order valence-corrected chi connectivity index (χ0v) is 15.0. The predicted octanol–water partition coefficient (Wildman–Crippen LogP) is 2.07. The van der Waals surface area contributed by atoms with Crippen molar-refractivity contribution < 1.29 is 9.59 Å². The lowest BCUT2D eigenvalue weighted by Crippen LogP contribution is -2.45. The molecule has 2 aromatic rings. The van der Waals surface area contributed by atoms with Crippen LogP contribution in [0.4, 0.5) is 5.13 Å². The molecule has 0 aliphatic carbocycles. The van der Waals surface area contributed by atoms with Crippen molar-refractivity contribution in [3.63, 3.8) is 0 Å². The third-order valence-electron chi connectivity index (χ3n) is 3.38. The van der Waals surface area contributed by atoms with Crippen molar-refractivity contribution in [1.29, 1.82) is 0 Å². The number of anilines is 1. The normalized spacial score (nSPS) is 12.2. The average Bonchev–Trinajstić information content (AvgIpc) is 3.17. The number of aryl methyl sites for hydroxylation is 1. The maximum absolute atomic E-state index is 12.4. The molecule has 2 N–H and O–H groups in total. The maximum atomic E-state index is 12.4. The van der Waals surface area contributed by atoms with Crippen LogP contribution in [0.1, 0.15) is 32.9 Å². The topological polar surface area (TPSA) is 88.9 Å². The Bertz CT molecular complexity index is 666. The third-order valence-corrected chi connectivity index (χ3v) is 4.07. The second-order valence-corrected chi connectivity index (χ2v) is 6.81. The Kier molecular flexibility index (Phi) is 6.48. The molecule has 2 amide bonds. The fraction of sp³-hybridized carbons (Fsp3) is 0.500. The largest absolute Gasteiger partial charge is 0.344 e. The molecule has 0 radical (unpaired) electrons. The number of carbonyl (C=O) groups is 2. The standard InChI is InChI=1S/C16H23N5O2S/c1-4-21-7-5-12(20-21)10-14(22)18-13(9-11(2)3)15(23)19-16-17-6-8-24-16/h5-8,11,13H,4,9-10H2,1-3H3,(H,18,22)(H,17,19,23)/t13-/m0/s1. The number of aromatic nitrogens is 3. The lowest BCUT2D eigenvalue weighted by atomic mass is 10.0. The number of hydrogen-bond donors (Lipinski definition) is 2. The van der Waals surface area contributed by atoms with Crippen LogP contribution in [0.15, 0.2) is 23.8 Å². The zero-order valence-electron chi connectivity index (χ0n) is 14.2. The van der Waals surface area contributed by atoms with Crippen molar-refractivity contribution in [2.45, 2.75) is 46.2 Å². The number of rotatable bonds is 8. The molecule has 0 fully saturated rings. The van der Waals surface area contributed by atoms with Gasteiger partial charge in [0.2, 0.25) is 11.8 Å². The molecule has 0 bridgehead atoms. The van der Waals surface area contributed by atoms with Gasteiger partial charge in [-0.15, -0.1) is 11.3 Å². The summed E-state index contributed by atoms with van der Waals surface area (Å²) in [7, 11) is 0. The molecule has 2 rings (SSSR count). The van der Waals surface area contributed by atoms with Crippen LogP contribution in [-0.2, 0) is 22.6 Å². The Hall–Kier alpha value is -2.22. The minimum atomic E-state index is -0.588. The van der Waals surface area contributed by atoms with Crippen LogP contribution >= 0.6 is 11.3 Å². The van der Waals surface area contributed by atoms with E-state index in [0.717, 1.165) is 6.54 Å². The monoisotopic (exact) mass is 349 g/mol. The third kappa shape index (κ3) is 5.45. The molecule has 24 heavy (non-hydrogen) atoms. The molecular weight excluding hydrogens is 326 g/mol. The number of amides is 2. The molecule has 1 atom stereocenters. The first-order valence-electron chi connectivity index (χ1n) is 8.00. The molecule has 0 saturated carbocycles. The van der Waals surface area contributed by atoms with E-state index < -0.39 is 6.04 Å². The van der Waals surface area contributed by atoms with Gasteiger partial charge >= 0.3 is 0 Å². The minimum Gasteiger partial charge on any atom is -0.344 e. The van der Waals surface area contributed by atoms with Gasteiger partial charge in [0.15, 0.2) is 5.13 Å².